The summed E-state index contributed by atoms with van der Waals surface area (Å²) in [5, 5.41) is 0. The Morgan fingerprint density at radius 1 is 1.00 bits per heavy atom. The van der Waals surface area contributed by atoms with Gasteiger partial charge in [0.15, 0.2) is 0 Å². The zero-order valence-corrected chi connectivity index (χ0v) is 11.4. The summed E-state index contributed by atoms with van der Waals surface area (Å²) in [6.07, 6.45) is 10.9. The van der Waals surface area contributed by atoms with E-state index in [9.17, 15) is 0 Å². The minimum atomic E-state index is 0.475. The van der Waals surface area contributed by atoms with Crippen molar-refractivity contribution >= 4 is 0 Å². The maximum absolute atomic E-state index is 3.59. The molecule has 2 rings (SSSR count). The Balaban J connectivity index is 1.88. The number of hydrogen-bond acceptors (Lipinski definition) is 1. The lowest BCUT2D eigenvalue weighted by molar-refractivity contribution is 0.214. The van der Waals surface area contributed by atoms with Crippen LogP contribution in [0, 0.1) is 11.3 Å². The average Bonchev–Trinajstić information content (AvgIpc) is 2.61. The number of nitrogens with one attached hydrogen (secondary N) is 1. The Hall–Kier alpha value is -0.920. The normalized spacial score (nSPS) is 26.5. The maximum Gasteiger partial charge on any atom is 0.0424 e. The van der Waals surface area contributed by atoms with Gasteiger partial charge in [-0.25, -0.2) is 0 Å². The molecule has 2 heteroatoms. The van der Waals surface area contributed by atoms with Gasteiger partial charge in [-0.1, -0.05) is 27.2 Å². The minimum absolute atomic E-state index is 0.475. The minimum Gasteiger partial charge on any atom is -0.323 e. The van der Waals surface area contributed by atoms with E-state index in [-0.39, 0.29) is 0 Å². The van der Waals surface area contributed by atoms with Crippen molar-refractivity contribution in [1.82, 2.24) is 4.68 Å². The smallest absolute Gasteiger partial charge is 0.0424 e. The quantitative estimate of drug-likeness (QED) is 0.765. The first-order valence-corrected chi connectivity index (χ1v) is 6.95. The Kier molecular flexibility index (Phi) is 3.80. The van der Waals surface area contributed by atoms with E-state index in [0.29, 0.717) is 11.5 Å². The van der Waals surface area contributed by atoms with Crippen LogP contribution in [0.1, 0.15) is 52.9 Å². The highest BCUT2D eigenvalue weighted by atomic mass is 15.4. The molecule has 0 amide bonds. The van der Waals surface area contributed by atoms with E-state index in [2.05, 4.69) is 55.4 Å². The van der Waals surface area contributed by atoms with Crippen LogP contribution in [0.15, 0.2) is 24.5 Å². The van der Waals surface area contributed by atoms with Gasteiger partial charge < -0.3 is 5.43 Å². The van der Waals surface area contributed by atoms with E-state index in [1.807, 2.05) is 0 Å². The Morgan fingerprint density at radius 2 is 1.71 bits per heavy atom. The lowest BCUT2D eigenvalue weighted by Crippen LogP contribution is -2.26. The van der Waals surface area contributed by atoms with Crippen LogP contribution in [0.4, 0.5) is 0 Å². The largest absolute Gasteiger partial charge is 0.323 e. The molecular formula is C15H26N2. The van der Waals surface area contributed by atoms with E-state index >= 15 is 0 Å². The average molecular weight is 234 g/mol. The molecule has 1 aliphatic carbocycles. The van der Waals surface area contributed by atoms with Gasteiger partial charge in [0.1, 0.15) is 0 Å². The zero-order valence-electron chi connectivity index (χ0n) is 11.4. The van der Waals surface area contributed by atoms with E-state index in [1.54, 1.807) is 0 Å². The second kappa shape index (κ2) is 5.16. The molecule has 17 heavy (non-hydrogen) atoms. The number of nitrogens with zero attached hydrogens (tertiary/aromatic N) is 1. The topological polar surface area (TPSA) is 17.0 Å². The molecule has 1 fully saturated rings. The van der Waals surface area contributed by atoms with Gasteiger partial charge in [0, 0.05) is 18.4 Å². The SMILES string of the molecule is CC(C)(C)C1CCCC(Nn2cccc2)CC1. The fourth-order valence-electron chi connectivity index (χ4n) is 2.93. The molecule has 1 N–H and O–H groups in total. The molecule has 0 bridgehead atoms. The van der Waals surface area contributed by atoms with Crippen LogP contribution in [0.2, 0.25) is 0 Å². The van der Waals surface area contributed by atoms with Crippen molar-refractivity contribution in [2.24, 2.45) is 11.3 Å². The molecule has 2 unspecified atom stereocenters. The number of aromatic nitrogens is 1. The van der Waals surface area contributed by atoms with Crippen molar-refractivity contribution in [2.75, 3.05) is 5.43 Å². The van der Waals surface area contributed by atoms with Crippen molar-refractivity contribution in [3.8, 4) is 0 Å². The molecular weight excluding hydrogens is 208 g/mol. The molecule has 1 aromatic rings. The molecule has 1 aromatic heterocycles. The van der Waals surface area contributed by atoms with E-state index in [0.717, 1.165) is 5.92 Å². The van der Waals surface area contributed by atoms with Gasteiger partial charge in [0.25, 0.3) is 0 Å². The first-order valence-electron chi connectivity index (χ1n) is 6.95. The third kappa shape index (κ3) is 3.52. The molecule has 0 radical (unpaired) electrons. The monoisotopic (exact) mass is 234 g/mol. The summed E-state index contributed by atoms with van der Waals surface area (Å²) >= 11 is 0. The van der Waals surface area contributed by atoms with Crippen molar-refractivity contribution < 1.29 is 0 Å². The Bertz CT molecular complexity index is 321. The predicted octanol–water partition coefficient (Wildman–Crippen LogP) is 4.03. The molecule has 2 atom stereocenters. The van der Waals surface area contributed by atoms with Crippen LogP contribution in [0.25, 0.3) is 0 Å². The predicted molar refractivity (Wildman–Crippen MR) is 73.6 cm³/mol. The van der Waals surface area contributed by atoms with Crippen molar-refractivity contribution in [3.63, 3.8) is 0 Å². The van der Waals surface area contributed by atoms with Crippen LogP contribution in [0.3, 0.4) is 0 Å². The maximum atomic E-state index is 3.59. The molecule has 1 saturated carbocycles. The molecule has 0 saturated heterocycles. The fraction of sp³-hybridized carbons (Fsp3) is 0.733. The van der Waals surface area contributed by atoms with E-state index < -0.39 is 0 Å². The van der Waals surface area contributed by atoms with Crippen molar-refractivity contribution in [1.29, 1.82) is 0 Å². The van der Waals surface area contributed by atoms with Crippen LogP contribution in [0.5, 0.6) is 0 Å². The van der Waals surface area contributed by atoms with Gasteiger partial charge in [-0.3, -0.25) is 4.68 Å². The summed E-state index contributed by atoms with van der Waals surface area (Å²) in [5.41, 5.74) is 4.06. The van der Waals surface area contributed by atoms with Crippen LogP contribution >= 0.6 is 0 Å². The third-order valence-corrected chi connectivity index (χ3v) is 4.13. The van der Waals surface area contributed by atoms with Gasteiger partial charge in [-0.05, 0) is 49.1 Å². The van der Waals surface area contributed by atoms with Gasteiger partial charge in [0.2, 0.25) is 0 Å². The second-order valence-electron chi connectivity index (χ2n) is 6.49. The van der Waals surface area contributed by atoms with Crippen LogP contribution < -0.4 is 5.43 Å². The fourth-order valence-corrected chi connectivity index (χ4v) is 2.93. The van der Waals surface area contributed by atoms with Crippen LogP contribution in [-0.2, 0) is 0 Å². The summed E-state index contributed by atoms with van der Waals surface area (Å²) in [6.45, 7) is 7.16. The summed E-state index contributed by atoms with van der Waals surface area (Å²) < 4.78 is 2.10. The number of rotatable bonds is 2. The summed E-state index contributed by atoms with van der Waals surface area (Å²) in [5.74, 6) is 0.888. The summed E-state index contributed by atoms with van der Waals surface area (Å²) in [7, 11) is 0. The Morgan fingerprint density at radius 3 is 2.35 bits per heavy atom. The van der Waals surface area contributed by atoms with Gasteiger partial charge in [0.05, 0.1) is 0 Å². The van der Waals surface area contributed by atoms with Gasteiger partial charge in [-0.2, -0.15) is 0 Å². The van der Waals surface area contributed by atoms with Gasteiger partial charge in [-0.15, -0.1) is 0 Å². The third-order valence-electron chi connectivity index (χ3n) is 4.13. The van der Waals surface area contributed by atoms with Crippen LogP contribution in [-0.4, -0.2) is 10.7 Å². The summed E-state index contributed by atoms with van der Waals surface area (Å²) in [4.78, 5) is 0. The van der Waals surface area contributed by atoms with E-state index in [1.165, 1.54) is 32.1 Å². The first kappa shape index (κ1) is 12.5. The molecule has 2 nitrogen and oxygen atoms in total. The van der Waals surface area contributed by atoms with E-state index in [4.69, 9.17) is 0 Å². The molecule has 0 aromatic carbocycles. The molecule has 1 aliphatic rings. The lowest BCUT2D eigenvalue weighted by atomic mass is 9.76. The highest BCUT2D eigenvalue weighted by molar-refractivity contribution is 4.96. The second-order valence-corrected chi connectivity index (χ2v) is 6.49. The highest BCUT2D eigenvalue weighted by Crippen LogP contribution is 2.36. The molecule has 0 spiro atoms. The molecule has 0 aliphatic heterocycles. The molecule has 1 heterocycles. The Labute approximate surface area is 105 Å². The standard InChI is InChI=1S/C15H26N2/c1-15(2,3)13-7-6-8-14(10-9-13)16-17-11-4-5-12-17/h4-5,11-14,16H,6-10H2,1-3H3. The van der Waals surface area contributed by atoms with Crippen molar-refractivity contribution in [2.45, 2.75) is 58.9 Å². The summed E-state index contributed by atoms with van der Waals surface area (Å²) in [6, 6.07) is 4.79. The van der Waals surface area contributed by atoms with Gasteiger partial charge >= 0.3 is 0 Å². The zero-order chi connectivity index (χ0) is 12.3. The first-order chi connectivity index (χ1) is 8.05. The lowest BCUT2D eigenvalue weighted by Gasteiger charge is -2.29. The van der Waals surface area contributed by atoms with Crippen molar-refractivity contribution in [3.05, 3.63) is 24.5 Å². The highest BCUT2D eigenvalue weighted by Gasteiger charge is 2.27. The molecule has 96 valence electrons. The number of hydrogen-bond donors (Lipinski definition) is 1.